The fourth-order valence-electron chi connectivity index (χ4n) is 2.17. The van der Waals surface area contributed by atoms with E-state index in [1.807, 2.05) is 30.3 Å². The minimum Gasteiger partial charge on any atom is -0.381 e. The van der Waals surface area contributed by atoms with Crippen molar-refractivity contribution in [1.29, 1.82) is 0 Å². The second kappa shape index (κ2) is 5.87. The first-order valence-electron chi connectivity index (χ1n) is 6.68. The third kappa shape index (κ3) is 3.16. The number of nitrogens with one attached hydrogen (secondary N) is 1. The van der Waals surface area contributed by atoms with Crippen molar-refractivity contribution in [2.24, 2.45) is 0 Å². The minimum absolute atomic E-state index is 0.0514. The van der Waals surface area contributed by atoms with Crippen molar-refractivity contribution in [2.75, 3.05) is 5.32 Å². The Morgan fingerprint density at radius 1 is 1.00 bits per heavy atom. The summed E-state index contributed by atoms with van der Waals surface area (Å²) in [4.78, 5) is 4.27. The van der Waals surface area contributed by atoms with Crippen LogP contribution in [0.1, 0.15) is 17.6 Å². The minimum atomic E-state index is -2.42. The normalized spacial score (nSPS) is 11.0. The number of aromatic nitrogens is 1. The van der Waals surface area contributed by atoms with Crippen LogP contribution in [-0.4, -0.2) is 4.98 Å². The number of hydrogen-bond acceptors (Lipinski definition) is 2. The van der Waals surface area contributed by atoms with E-state index in [1.165, 1.54) is 12.1 Å². The molecule has 0 saturated carbocycles. The fourth-order valence-corrected chi connectivity index (χ4v) is 2.17. The lowest BCUT2D eigenvalue weighted by Gasteiger charge is -2.08. The molecule has 0 fully saturated rings. The van der Waals surface area contributed by atoms with Gasteiger partial charge in [0.1, 0.15) is 0 Å². The topological polar surface area (TPSA) is 24.9 Å². The monoisotopic (exact) mass is 284 g/mol. The highest BCUT2D eigenvalue weighted by Gasteiger charge is 2.05. The highest BCUT2D eigenvalue weighted by molar-refractivity contribution is 5.82. The molecule has 4 heteroatoms. The molecule has 0 unspecified atom stereocenters. The zero-order valence-electron chi connectivity index (χ0n) is 11.3. The highest BCUT2D eigenvalue weighted by atomic mass is 19.3. The molecule has 0 bridgehead atoms. The van der Waals surface area contributed by atoms with E-state index in [-0.39, 0.29) is 5.56 Å². The molecule has 1 heterocycles. The predicted molar refractivity (Wildman–Crippen MR) is 80.5 cm³/mol. The van der Waals surface area contributed by atoms with Gasteiger partial charge in [-0.25, -0.2) is 8.78 Å². The summed E-state index contributed by atoms with van der Waals surface area (Å²) in [5.41, 5.74) is 2.94. The average Bonchev–Trinajstić information content (AvgIpc) is 2.53. The summed E-state index contributed by atoms with van der Waals surface area (Å²) in [6.45, 7) is 0.593. The zero-order valence-corrected chi connectivity index (χ0v) is 11.3. The van der Waals surface area contributed by atoms with Crippen molar-refractivity contribution >= 4 is 16.6 Å². The Hall–Kier alpha value is -2.49. The average molecular weight is 284 g/mol. The van der Waals surface area contributed by atoms with E-state index < -0.39 is 6.43 Å². The lowest BCUT2D eigenvalue weighted by Crippen LogP contribution is -1.99. The quantitative estimate of drug-likeness (QED) is 0.745. The van der Waals surface area contributed by atoms with Gasteiger partial charge in [0.05, 0.1) is 5.52 Å². The van der Waals surface area contributed by atoms with Crippen LogP contribution in [0.3, 0.4) is 0 Å². The Bertz CT molecular complexity index is 739. The van der Waals surface area contributed by atoms with Gasteiger partial charge < -0.3 is 5.32 Å². The molecule has 0 aliphatic carbocycles. The first-order chi connectivity index (χ1) is 10.2. The molecule has 3 aromatic rings. The van der Waals surface area contributed by atoms with Gasteiger partial charge in [0.25, 0.3) is 6.43 Å². The van der Waals surface area contributed by atoms with E-state index in [2.05, 4.69) is 10.3 Å². The van der Waals surface area contributed by atoms with Gasteiger partial charge in [-0.05, 0) is 29.8 Å². The van der Waals surface area contributed by atoms with Crippen molar-refractivity contribution in [3.63, 3.8) is 0 Å². The molecule has 0 spiro atoms. The fraction of sp³-hybridized carbons (Fsp3) is 0.118. The number of pyridine rings is 1. The Labute approximate surface area is 121 Å². The molecule has 0 atom stereocenters. The molecule has 3 rings (SSSR count). The number of fused-ring (bicyclic) bond motifs is 1. The second-order valence-electron chi connectivity index (χ2n) is 4.81. The first kappa shape index (κ1) is 13.5. The van der Waals surface area contributed by atoms with Crippen LogP contribution in [0.5, 0.6) is 0 Å². The summed E-state index contributed by atoms with van der Waals surface area (Å²) in [6, 6.07) is 16.2. The van der Waals surface area contributed by atoms with Crippen molar-refractivity contribution in [1.82, 2.24) is 4.98 Å². The lowest BCUT2D eigenvalue weighted by atomic mass is 10.1. The maximum Gasteiger partial charge on any atom is 0.263 e. The second-order valence-corrected chi connectivity index (χ2v) is 4.81. The van der Waals surface area contributed by atoms with Gasteiger partial charge in [-0.2, -0.15) is 0 Å². The third-order valence-corrected chi connectivity index (χ3v) is 3.33. The highest BCUT2D eigenvalue weighted by Crippen LogP contribution is 2.20. The van der Waals surface area contributed by atoms with E-state index in [4.69, 9.17) is 0 Å². The van der Waals surface area contributed by atoms with Crippen LogP contribution < -0.4 is 5.32 Å². The molecule has 0 radical (unpaired) electrons. The maximum absolute atomic E-state index is 12.5. The van der Waals surface area contributed by atoms with Crippen LogP contribution in [0.2, 0.25) is 0 Å². The third-order valence-electron chi connectivity index (χ3n) is 3.33. The Morgan fingerprint density at radius 2 is 1.81 bits per heavy atom. The summed E-state index contributed by atoms with van der Waals surface area (Å²) in [5.74, 6) is 0. The molecule has 0 aliphatic heterocycles. The van der Waals surface area contributed by atoms with Gasteiger partial charge in [-0.15, -0.1) is 0 Å². The maximum atomic E-state index is 12.5. The SMILES string of the molecule is FC(F)c1ccc(CNc2ccc3ncccc3c2)cc1. The zero-order chi connectivity index (χ0) is 14.7. The van der Waals surface area contributed by atoms with Crippen molar-refractivity contribution < 1.29 is 8.78 Å². The van der Waals surface area contributed by atoms with Gasteiger partial charge in [0.15, 0.2) is 0 Å². The number of anilines is 1. The Morgan fingerprint density at radius 3 is 2.57 bits per heavy atom. The largest absolute Gasteiger partial charge is 0.381 e. The van der Waals surface area contributed by atoms with E-state index in [1.54, 1.807) is 18.3 Å². The molecule has 1 aromatic heterocycles. The van der Waals surface area contributed by atoms with Crippen molar-refractivity contribution in [3.8, 4) is 0 Å². The van der Waals surface area contributed by atoms with Crippen molar-refractivity contribution in [2.45, 2.75) is 13.0 Å². The summed E-state index contributed by atoms with van der Waals surface area (Å²) in [7, 11) is 0. The van der Waals surface area contributed by atoms with Crippen LogP contribution in [0, 0.1) is 0 Å². The van der Waals surface area contributed by atoms with Crippen LogP contribution in [0.15, 0.2) is 60.8 Å². The van der Waals surface area contributed by atoms with Crippen LogP contribution >= 0.6 is 0 Å². The standard InChI is InChI=1S/C17H14F2N2/c18-17(19)13-5-3-12(4-6-13)11-21-15-7-8-16-14(10-15)2-1-9-20-16/h1-10,17,21H,11H2. The molecular formula is C17H14F2N2. The molecular weight excluding hydrogens is 270 g/mol. The molecule has 2 aromatic carbocycles. The number of rotatable bonds is 4. The number of nitrogens with zero attached hydrogens (tertiary/aromatic N) is 1. The summed E-state index contributed by atoms with van der Waals surface area (Å²) >= 11 is 0. The number of hydrogen-bond donors (Lipinski definition) is 1. The molecule has 106 valence electrons. The van der Waals surface area contributed by atoms with E-state index in [0.717, 1.165) is 22.2 Å². The number of halogens is 2. The van der Waals surface area contributed by atoms with E-state index in [9.17, 15) is 8.78 Å². The molecule has 2 nitrogen and oxygen atoms in total. The van der Waals surface area contributed by atoms with E-state index >= 15 is 0 Å². The van der Waals surface area contributed by atoms with Gasteiger partial charge in [-0.3, -0.25) is 4.98 Å². The van der Waals surface area contributed by atoms with E-state index in [0.29, 0.717) is 6.54 Å². The van der Waals surface area contributed by atoms with Gasteiger partial charge >= 0.3 is 0 Å². The first-order valence-corrected chi connectivity index (χ1v) is 6.68. The Kier molecular flexibility index (Phi) is 3.77. The smallest absolute Gasteiger partial charge is 0.263 e. The van der Waals surface area contributed by atoms with Crippen LogP contribution in [-0.2, 0) is 6.54 Å². The molecule has 0 amide bonds. The van der Waals surface area contributed by atoms with Crippen LogP contribution in [0.25, 0.3) is 10.9 Å². The number of benzene rings is 2. The Balaban J connectivity index is 1.71. The predicted octanol–water partition coefficient (Wildman–Crippen LogP) is 4.78. The summed E-state index contributed by atoms with van der Waals surface area (Å²) in [6.07, 6.45) is -0.653. The summed E-state index contributed by atoms with van der Waals surface area (Å²) < 4.78 is 25.0. The molecule has 21 heavy (non-hydrogen) atoms. The van der Waals surface area contributed by atoms with Gasteiger partial charge in [0.2, 0.25) is 0 Å². The lowest BCUT2D eigenvalue weighted by molar-refractivity contribution is 0.151. The summed E-state index contributed by atoms with van der Waals surface area (Å²) in [5, 5.41) is 4.35. The molecule has 1 N–H and O–H groups in total. The molecule has 0 saturated heterocycles. The van der Waals surface area contributed by atoms with Gasteiger partial charge in [-0.1, -0.05) is 30.3 Å². The number of alkyl halides is 2. The van der Waals surface area contributed by atoms with Crippen molar-refractivity contribution in [3.05, 3.63) is 71.9 Å². The molecule has 0 aliphatic rings. The van der Waals surface area contributed by atoms with Gasteiger partial charge in [0, 0.05) is 29.4 Å². The van der Waals surface area contributed by atoms with Crippen LogP contribution in [0.4, 0.5) is 14.5 Å².